The second-order valence-electron chi connectivity index (χ2n) is 9.01. The Hall–Kier alpha value is -2.91. The van der Waals surface area contributed by atoms with Crippen LogP contribution in [0.25, 0.3) is 0 Å². The van der Waals surface area contributed by atoms with Crippen molar-refractivity contribution < 1.29 is 18.0 Å². The third kappa shape index (κ3) is 5.72. The van der Waals surface area contributed by atoms with Crippen molar-refractivity contribution in [1.82, 2.24) is 14.5 Å². The molecule has 0 spiro atoms. The largest absolute Gasteiger partial charge is 0.378 e. The minimum absolute atomic E-state index is 0.104. The Bertz CT molecular complexity index is 1110. The molecule has 9 heteroatoms. The van der Waals surface area contributed by atoms with Gasteiger partial charge in [-0.05, 0) is 37.1 Å². The summed E-state index contributed by atoms with van der Waals surface area (Å²) in [5, 5.41) is 2.90. The van der Waals surface area contributed by atoms with Crippen molar-refractivity contribution >= 4 is 27.5 Å². The zero-order valence-electron chi connectivity index (χ0n) is 19.8. The number of hydrogen-bond acceptors (Lipinski definition) is 5. The first-order valence-electron chi connectivity index (χ1n) is 10.8. The van der Waals surface area contributed by atoms with Crippen molar-refractivity contribution in [1.29, 1.82) is 0 Å². The van der Waals surface area contributed by atoms with Gasteiger partial charge in [0.25, 0.3) is 0 Å². The molecule has 33 heavy (non-hydrogen) atoms. The third-order valence-electron chi connectivity index (χ3n) is 6.02. The van der Waals surface area contributed by atoms with E-state index in [-0.39, 0.29) is 26.2 Å². The number of carbonyl (C=O) groups excluding carboxylic acids is 2. The summed E-state index contributed by atoms with van der Waals surface area (Å²) in [6.07, 6.45) is 1.06. The van der Waals surface area contributed by atoms with Crippen molar-refractivity contribution in [2.45, 2.75) is 32.5 Å². The smallest absolute Gasteiger partial charge is 0.247 e. The first-order valence-corrected chi connectivity index (χ1v) is 12.6. The van der Waals surface area contributed by atoms with Gasteiger partial charge in [-0.3, -0.25) is 9.59 Å². The topological polar surface area (TPSA) is 90.0 Å². The van der Waals surface area contributed by atoms with E-state index in [1.807, 2.05) is 74.4 Å². The van der Waals surface area contributed by atoms with E-state index in [1.54, 1.807) is 6.92 Å². The molecular weight excluding hydrogens is 440 g/mol. The van der Waals surface area contributed by atoms with Crippen LogP contribution in [0.3, 0.4) is 0 Å². The Morgan fingerprint density at radius 2 is 1.64 bits per heavy atom. The zero-order valence-corrected chi connectivity index (χ0v) is 20.6. The van der Waals surface area contributed by atoms with Crippen molar-refractivity contribution in [2.24, 2.45) is 0 Å². The summed E-state index contributed by atoms with van der Waals surface area (Å²) in [4.78, 5) is 29.9. The molecule has 0 bridgehead atoms. The molecule has 0 radical (unpaired) electrons. The van der Waals surface area contributed by atoms with Crippen LogP contribution in [0.2, 0.25) is 0 Å². The van der Waals surface area contributed by atoms with Crippen LogP contribution in [0.1, 0.15) is 23.6 Å². The summed E-state index contributed by atoms with van der Waals surface area (Å²) in [7, 11) is 0.239. The second kappa shape index (κ2) is 9.52. The fourth-order valence-electron chi connectivity index (χ4n) is 3.85. The molecule has 1 aliphatic heterocycles. The molecule has 1 saturated heterocycles. The maximum absolute atomic E-state index is 13.4. The van der Waals surface area contributed by atoms with Crippen molar-refractivity contribution in [3.8, 4) is 0 Å². The van der Waals surface area contributed by atoms with Crippen LogP contribution in [0, 0.1) is 6.92 Å². The van der Waals surface area contributed by atoms with E-state index in [4.69, 9.17) is 0 Å². The van der Waals surface area contributed by atoms with Crippen LogP contribution in [-0.4, -0.2) is 68.4 Å². The van der Waals surface area contributed by atoms with E-state index >= 15 is 0 Å². The molecule has 2 aromatic rings. The number of nitrogens with zero attached hydrogens (tertiary/aromatic N) is 3. The van der Waals surface area contributed by atoms with Crippen LogP contribution in [-0.2, 0) is 32.7 Å². The number of benzene rings is 2. The average molecular weight is 473 g/mol. The van der Waals surface area contributed by atoms with E-state index in [9.17, 15) is 18.0 Å². The highest BCUT2D eigenvalue weighted by molar-refractivity contribution is 7.88. The average Bonchev–Trinajstić information content (AvgIpc) is 2.75. The summed E-state index contributed by atoms with van der Waals surface area (Å²) >= 11 is 0. The van der Waals surface area contributed by atoms with Gasteiger partial charge in [-0.25, -0.2) is 8.42 Å². The molecule has 0 aliphatic carbocycles. The second-order valence-corrected chi connectivity index (χ2v) is 11.0. The van der Waals surface area contributed by atoms with E-state index in [2.05, 4.69) is 5.32 Å². The van der Waals surface area contributed by atoms with Crippen molar-refractivity contribution in [2.75, 3.05) is 38.3 Å². The summed E-state index contributed by atoms with van der Waals surface area (Å²) in [6, 6.07) is 15.5. The highest BCUT2D eigenvalue weighted by Crippen LogP contribution is 2.27. The number of carbonyl (C=O) groups is 2. The van der Waals surface area contributed by atoms with Crippen LogP contribution in [0.4, 0.5) is 5.69 Å². The van der Waals surface area contributed by atoms with Crippen LogP contribution < -0.4 is 10.2 Å². The summed E-state index contributed by atoms with van der Waals surface area (Å²) in [5.74, 6) is -0.800. The van der Waals surface area contributed by atoms with Gasteiger partial charge in [-0.1, -0.05) is 42.0 Å². The Morgan fingerprint density at radius 3 is 2.18 bits per heavy atom. The highest BCUT2D eigenvalue weighted by Gasteiger charge is 2.49. The lowest BCUT2D eigenvalue weighted by atomic mass is 9.94. The van der Waals surface area contributed by atoms with E-state index in [1.165, 1.54) is 4.90 Å². The highest BCUT2D eigenvalue weighted by atomic mass is 32.2. The Balaban J connectivity index is 1.87. The fraction of sp³-hybridized carbons (Fsp3) is 0.417. The molecular formula is C24H32N4O4S. The molecule has 0 aromatic heterocycles. The number of sulfonamides is 1. The number of aryl methyl sites for hydroxylation is 1. The Labute approximate surface area is 196 Å². The van der Waals surface area contributed by atoms with Gasteiger partial charge in [0, 0.05) is 39.4 Å². The molecule has 0 saturated carbocycles. The lowest BCUT2D eigenvalue weighted by Crippen LogP contribution is -2.69. The number of piperazine rings is 1. The standard InChI is InChI=1S/C24H32N4O4S/c1-18-6-8-19(9-7-18)14-25-23(30)24(2)17-27(33(5,31)32)16-22(29)28(24)15-20-10-12-21(13-11-20)26(3)4/h6-13H,14-17H2,1-5H3,(H,25,30). The zero-order chi connectivity index (χ0) is 24.4. The molecule has 1 fully saturated rings. The minimum atomic E-state index is -3.65. The number of hydrogen-bond donors (Lipinski definition) is 1. The van der Waals surface area contributed by atoms with Gasteiger partial charge in [0.2, 0.25) is 21.8 Å². The van der Waals surface area contributed by atoms with Gasteiger partial charge in [0.05, 0.1) is 12.8 Å². The Morgan fingerprint density at radius 1 is 1.06 bits per heavy atom. The molecule has 8 nitrogen and oxygen atoms in total. The molecule has 178 valence electrons. The number of anilines is 1. The predicted molar refractivity (Wildman–Crippen MR) is 129 cm³/mol. The minimum Gasteiger partial charge on any atom is -0.378 e. The van der Waals surface area contributed by atoms with Crippen molar-refractivity contribution in [3.05, 3.63) is 65.2 Å². The predicted octanol–water partition coefficient (Wildman–Crippen LogP) is 1.74. The lowest BCUT2D eigenvalue weighted by molar-refractivity contribution is -0.153. The van der Waals surface area contributed by atoms with Crippen LogP contribution in [0.15, 0.2) is 48.5 Å². The number of nitrogens with one attached hydrogen (secondary N) is 1. The van der Waals surface area contributed by atoms with E-state index < -0.39 is 27.4 Å². The van der Waals surface area contributed by atoms with Gasteiger partial charge < -0.3 is 15.1 Å². The maximum Gasteiger partial charge on any atom is 0.247 e. The molecule has 1 aliphatic rings. The van der Waals surface area contributed by atoms with Gasteiger partial charge in [-0.2, -0.15) is 4.31 Å². The van der Waals surface area contributed by atoms with E-state index in [0.717, 1.165) is 32.9 Å². The molecule has 1 unspecified atom stereocenters. The van der Waals surface area contributed by atoms with Crippen molar-refractivity contribution in [3.63, 3.8) is 0 Å². The van der Waals surface area contributed by atoms with Crippen LogP contribution >= 0.6 is 0 Å². The molecule has 3 rings (SSSR count). The van der Waals surface area contributed by atoms with E-state index in [0.29, 0.717) is 0 Å². The first kappa shape index (κ1) is 24.7. The number of rotatable bonds is 7. The summed E-state index contributed by atoms with van der Waals surface area (Å²) in [6.45, 7) is 3.72. The third-order valence-corrected chi connectivity index (χ3v) is 7.21. The normalized spacial score (nSPS) is 19.4. The quantitative estimate of drug-likeness (QED) is 0.663. The van der Waals surface area contributed by atoms with Gasteiger partial charge in [0.1, 0.15) is 5.54 Å². The van der Waals surface area contributed by atoms with Gasteiger partial charge in [0.15, 0.2) is 0 Å². The monoisotopic (exact) mass is 472 g/mol. The molecule has 2 aromatic carbocycles. The molecule has 2 amide bonds. The van der Waals surface area contributed by atoms with Gasteiger partial charge >= 0.3 is 0 Å². The van der Waals surface area contributed by atoms with Crippen LogP contribution in [0.5, 0.6) is 0 Å². The molecule has 1 heterocycles. The summed E-state index contributed by atoms with van der Waals surface area (Å²) in [5.41, 5.74) is 2.56. The fourth-order valence-corrected chi connectivity index (χ4v) is 4.68. The SMILES string of the molecule is Cc1ccc(CNC(=O)C2(C)CN(S(C)(=O)=O)CC(=O)N2Cc2ccc(N(C)C)cc2)cc1. The van der Waals surface area contributed by atoms with Gasteiger partial charge in [-0.15, -0.1) is 0 Å². The maximum atomic E-state index is 13.4. The first-order chi connectivity index (χ1) is 15.4. The lowest BCUT2D eigenvalue weighted by Gasteiger charge is -2.46. The summed E-state index contributed by atoms with van der Waals surface area (Å²) < 4.78 is 25.6. The molecule has 1 N–H and O–H groups in total. The Kier molecular flexibility index (Phi) is 7.14. The molecule has 1 atom stereocenters. The number of amides is 2.